The number of amides is 2. The molecule has 0 aromatic heterocycles. The monoisotopic (exact) mass is 244 g/mol. The van der Waals surface area contributed by atoms with Gasteiger partial charge in [-0.1, -0.05) is 0 Å². The molecule has 6 heteroatoms. The number of nitrogens with zero attached hydrogens (tertiary/aromatic N) is 2. The third-order valence-corrected chi connectivity index (χ3v) is 2.62. The fourth-order valence-corrected chi connectivity index (χ4v) is 1.69. The molecule has 6 nitrogen and oxygen atoms in total. The summed E-state index contributed by atoms with van der Waals surface area (Å²) in [6.45, 7) is 6.79. The van der Waals surface area contributed by atoms with Gasteiger partial charge in [-0.15, -0.1) is 0 Å². The quantitative estimate of drug-likeness (QED) is 0.745. The van der Waals surface area contributed by atoms with Crippen molar-refractivity contribution in [2.75, 3.05) is 32.8 Å². The summed E-state index contributed by atoms with van der Waals surface area (Å²) in [6.07, 6.45) is -0.345. The topological polar surface area (TPSA) is 70.1 Å². The van der Waals surface area contributed by atoms with E-state index in [-0.39, 0.29) is 12.0 Å². The van der Waals surface area contributed by atoms with Crippen LogP contribution in [0.1, 0.15) is 20.8 Å². The standard InChI is InChI=1S/C11H20N2O4/c1-4-17-10(15)13-7-5-12(6-8-13)9(14)11(2,3)16/h16H,4-8H2,1-3H3. The van der Waals surface area contributed by atoms with Gasteiger partial charge in [-0.3, -0.25) is 4.79 Å². The number of ether oxygens (including phenoxy) is 1. The molecule has 1 heterocycles. The Morgan fingerprint density at radius 3 is 2.06 bits per heavy atom. The maximum absolute atomic E-state index is 11.8. The zero-order valence-corrected chi connectivity index (χ0v) is 10.6. The number of rotatable bonds is 2. The first kappa shape index (κ1) is 13.8. The van der Waals surface area contributed by atoms with Crippen molar-refractivity contribution in [3.05, 3.63) is 0 Å². The Balaban J connectivity index is 2.46. The third-order valence-electron chi connectivity index (χ3n) is 2.62. The van der Waals surface area contributed by atoms with Crippen molar-refractivity contribution in [2.45, 2.75) is 26.4 Å². The molecular formula is C11H20N2O4. The molecule has 17 heavy (non-hydrogen) atoms. The van der Waals surface area contributed by atoms with E-state index in [0.717, 1.165) is 0 Å². The van der Waals surface area contributed by atoms with Crippen molar-refractivity contribution < 1.29 is 19.4 Å². The van der Waals surface area contributed by atoms with Gasteiger partial charge in [-0.05, 0) is 20.8 Å². The van der Waals surface area contributed by atoms with E-state index in [1.165, 1.54) is 13.8 Å². The molecular weight excluding hydrogens is 224 g/mol. The van der Waals surface area contributed by atoms with Crippen LogP contribution in [0.25, 0.3) is 0 Å². The predicted molar refractivity (Wildman–Crippen MR) is 61.5 cm³/mol. The lowest BCUT2D eigenvalue weighted by atomic mass is 10.1. The van der Waals surface area contributed by atoms with E-state index in [1.54, 1.807) is 16.7 Å². The zero-order valence-electron chi connectivity index (χ0n) is 10.6. The first-order valence-corrected chi connectivity index (χ1v) is 5.79. The normalized spacial score (nSPS) is 16.9. The summed E-state index contributed by atoms with van der Waals surface area (Å²) < 4.78 is 4.88. The zero-order chi connectivity index (χ0) is 13.1. The number of hydrogen-bond donors (Lipinski definition) is 1. The Morgan fingerprint density at radius 2 is 1.65 bits per heavy atom. The van der Waals surface area contributed by atoms with Gasteiger partial charge in [0.2, 0.25) is 0 Å². The van der Waals surface area contributed by atoms with E-state index in [1.807, 2.05) is 0 Å². The molecule has 1 aliphatic rings. The molecule has 0 aromatic carbocycles. The van der Waals surface area contributed by atoms with Gasteiger partial charge in [-0.2, -0.15) is 0 Å². The first-order valence-electron chi connectivity index (χ1n) is 5.79. The molecule has 1 saturated heterocycles. The van der Waals surface area contributed by atoms with Gasteiger partial charge >= 0.3 is 6.09 Å². The van der Waals surface area contributed by atoms with Crippen molar-refractivity contribution in [1.29, 1.82) is 0 Å². The number of piperazine rings is 1. The summed E-state index contributed by atoms with van der Waals surface area (Å²) in [5.74, 6) is -0.305. The van der Waals surface area contributed by atoms with E-state index in [4.69, 9.17) is 4.74 Å². The second-order valence-electron chi connectivity index (χ2n) is 4.54. The number of carbonyl (C=O) groups excluding carboxylic acids is 2. The largest absolute Gasteiger partial charge is 0.450 e. The summed E-state index contributed by atoms with van der Waals surface area (Å²) in [5.41, 5.74) is -1.36. The first-order chi connectivity index (χ1) is 7.86. The minimum atomic E-state index is -1.36. The van der Waals surface area contributed by atoms with E-state index < -0.39 is 5.60 Å². The predicted octanol–water partition coefficient (Wildman–Crippen LogP) is 0.0580. The number of carbonyl (C=O) groups is 2. The molecule has 0 aliphatic carbocycles. The van der Waals surface area contributed by atoms with Crippen LogP contribution in [0.3, 0.4) is 0 Å². The number of aliphatic hydroxyl groups is 1. The molecule has 0 bridgehead atoms. The van der Waals surface area contributed by atoms with Gasteiger partial charge in [0.25, 0.3) is 5.91 Å². The Morgan fingerprint density at radius 1 is 1.18 bits per heavy atom. The van der Waals surface area contributed by atoms with Crippen LogP contribution in [-0.2, 0) is 9.53 Å². The highest BCUT2D eigenvalue weighted by Crippen LogP contribution is 2.11. The van der Waals surface area contributed by atoms with Crippen LogP contribution in [-0.4, -0.2) is 65.3 Å². The van der Waals surface area contributed by atoms with Crippen molar-refractivity contribution in [3.8, 4) is 0 Å². The van der Waals surface area contributed by atoms with Gasteiger partial charge in [0.15, 0.2) is 0 Å². The SMILES string of the molecule is CCOC(=O)N1CCN(C(=O)C(C)(C)O)CC1. The van der Waals surface area contributed by atoms with E-state index in [9.17, 15) is 14.7 Å². The highest BCUT2D eigenvalue weighted by molar-refractivity contribution is 5.84. The molecule has 1 aliphatic heterocycles. The minimum absolute atomic E-state index is 0.305. The van der Waals surface area contributed by atoms with Crippen molar-refractivity contribution in [3.63, 3.8) is 0 Å². The second kappa shape index (κ2) is 5.35. The molecule has 0 atom stereocenters. The second-order valence-corrected chi connectivity index (χ2v) is 4.54. The average molecular weight is 244 g/mol. The summed E-state index contributed by atoms with van der Waals surface area (Å²) in [7, 11) is 0. The van der Waals surface area contributed by atoms with Crippen molar-refractivity contribution in [2.24, 2.45) is 0 Å². The van der Waals surface area contributed by atoms with Gasteiger partial charge < -0.3 is 19.6 Å². The molecule has 98 valence electrons. The van der Waals surface area contributed by atoms with Crippen molar-refractivity contribution >= 4 is 12.0 Å². The van der Waals surface area contributed by atoms with Crippen LogP contribution in [0.4, 0.5) is 4.79 Å². The van der Waals surface area contributed by atoms with Crippen LogP contribution in [0, 0.1) is 0 Å². The van der Waals surface area contributed by atoms with Crippen LogP contribution >= 0.6 is 0 Å². The van der Waals surface area contributed by atoms with E-state index >= 15 is 0 Å². The summed E-state index contributed by atoms with van der Waals surface area (Å²) in [4.78, 5) is 26.3. The molecule has 1 N–H and O–H groups in total. The molecule has 0 saturated carbocycles. The molecule has 0 unspecified atom stereocenters. The highest BCUT2D eigenvalue weighted by Gasteiger charge is 2.32. The van der Waals surface area contributed by atoms with Crippen LogP contribution in [0.5, 0.6) is 0 Å². The summed E-state index contributed by atoms with van der Waals surface area (Å²) in [5, 5.41) is 9.60. The fourth-order valence-electron chi connectivity index (χ4n) is 1.69. The summed E-state index contributed by atoms with van der Waals surface area (Å²) in [6, 6.07) is 0. The maximum atomic E-state index is 11.8. The highest BCUT2D eigenvalue weighted by atomic mass is 16.6. The van der Waals surface area contributed by atoms with Gasteiger partial charge in [-0.25, -0.2) is 4.79 Å². The smallest absolute Gasteiger partial charge is 0.409 e. The summed E-state index contributed by atoms with van der Waals surface area (Å²) >= 11 is 0. The molecule has 0 spiro atoms. The Bertz CT molecular complexity index is 290. The minimum Gasteiger partial charge on any atom is -0.450 e. The van der Waals surface area contributed by atoms with E-state index in [2.05, 4.69) is 0 Å². The van der Waals surface area contributed by atoms with Gasteiger partial charge in [0, 0.05) is 26.2 Å². The van der Waals surface area contributed by atoms with Gasteiger partial charge in [0.1, 0.15) is 5.60 Å². The Labute approximate surface area is 101 Å². The van der Waals surface area contributed by atoms with Gasteiger partial charge in [0.05, 0.1) is 6.61 Å². The lowest BCUT2D eigenvalue weighted by molar-refractivity contribution is -0.149. The van der Waals surface area contributed by atoms with Crippen LogP contribution < -0.4 is 0 Å². The molecule has 1 rings (SSSR count). The third kappa shape index (κ3) is 3.59. The Kier molecular flexibility index (Phi) is 4.34. The Hall–Kier alpha value is -1.30. The molecule has 0 radical (unpaired) electrons. The molecule has 1 fully saturated rings. The van der Waals surface area contributed by atoms with Crippen LogP contribution in [0.15, 0.2) is 0 Å². The fraction of sp³-hybridized carbons (Fsp3) is 0.818. The van der Waals surface area contributed by atoms with E-state index in [0.29, 0.717) is 32.8 Å². The lowest BCUT2D eigenvalue weighted by Gasteiger charge is -2.36. The maximum Gasteiger partial charge on any atom is 0.409 e. The molecule has 0 aromatic rings. The molecule has 2 amide bonds. The lowest BCUT2D eigenvalue weighted by Crippen LogP contribution is -2.55. The number of hydrogen-bond acceptors (Lipinski definition) is 4. The average Bonchev–Trinajstić information content (AvgIpc) is 2.27. The van der Waals surface area contributed by atoms with Crippen molar-refractivity contribution in [1.82, 2.24) is 9.80 Å². The van der Waals surface area contributed by atoms with Crippen LogP contribution in [0.2, 0.25) is 0 Å².